The van der Waals surface area contributed by atoms with Crippen molar-refractivity contribution in [1.29, 1.82) is 0 Å². The van der Waals surface area contributed by atoms with Gasteiger partial charge in [-0.05, 0) is 25.0 Å². The number of hydrogen-bond donors (Lipinski definition) is 0. The van der Waals surface area contributed by atoms with Crippen LogP contribution in [0.25, 0.3) is 21.3 Å². The van der Waals surface area contributed by atoms with Crippen LogP contribution in [0, 0.1) is 10.1 Å². The molecule has 0 N–H and O–H groups in total. The highest BCUT2D eigenvalue weighted by Crippen LogP contribution is 2.22. The Bertz CT molecular complexity index is 1310. The third-order valence-corrected chi connectivity index (χ3v) is 5.75. The van der Waals surface area contributed by atoms with Gasteiger partial charge in [-0.25, -0.2) is 9.78 Å². The first-order valence-corrected chi connectivity index (χ1v) is 9.55. The molecule has 0 aliphatic rings. The topological polar surface area (TPSA) is 113 Å². The van der Waals surface area contributed by atoms with E-state index in [0.717, 1.165) is 16.1 Å². The Hall–Kier alpha value is -3.27. The largest absolute Gasteiger partial charge is 0.419 e. The number of nitro groups is 1. The van der Waals surface area contributed by atoms with Gasteiger partial charge in [0, 0.05) is 30.1 Å². The Morgan fingerprint density at radius 3 is 2.82 bits per heavy atom. The average molecular weight is 400 g/mol. The molecule has 144 valence electrons. The molecule has 0 spiro atoms. The minimum Gasteiger partial charge on any atom is -0.408 e. The fourth-order valence-corrected chi connectivity index (χ4v) is 4.04. The normalized spacial score (nSPS) is 11.5. The molecule has 0 radical (unpaired) electrons. The molecule has 3 heterocycles. The standard InChI is InChI=1S/C18H16N4O5S/c1-2-12-9-13-16(28-12)19-10-20(17(13)23)6-3-7-21-14-8-11(22(25)26)4-5-15(14)27-18(21)24/h4-5,8-10H,2-3,6-7H2,1H3. The summed E-state index contributed by atoms with van der Waals surface area (Å²) >= 11 is 1.51. The van der Waals surface area contributed by atoms with Gasteiger partial charge in [0.15, 0.2) is 5.58 Å². The summed E-state index contributed by atoms with van der Waals surface area (Å²) in [5, 5.41) is 11.6. The summed E-state index contributed by atoms with van der Waals surface area (Å²) in [6, 6.07) is 5.90. The zero-order chi connectivity index (χ0) is 19.8. The number of fused-ring (bicyclic) bond motifs is 2. The van der Waals surface area contributed by atoms with Gasteiger partial charge < -0.3 is 4.42 Å². The Morgan fingerprint density at radius 1 is 1.25 bits per heavy atom. The van der Waals surface area contributed by atoms with Gasteiger partial charge in [-0.1, -0.05) is 6.92 Å². The van der Waals surface area contributed by atoms with E-state index < -0.39 is 10.7 Å². The van der Waals surface area contributed by atoms with Crippen molar-refractivity contribution < 1.29 is 9.34 Å². The summed E-state index contributed by atoms with van der Waals surface area (Å²) in [6.45, 7) is 2.66. The third-order valence-electron chi connectivity index (χ3n) is 4.56. The second-order valence-electron chi connectivity index (χ2n) is 6.31. The summed E-state index contributed by atoms with van der Waals surface area (Å²) < 4.78 is 8.00. The molecule has 10 heteroatoms. The summed E-state index contributed by atoms with van der Waals surface area (Å²) in [6.07, 6.45) is 2.83. The van der Waals surface area contributed by atoms with E-state index in [4.69, 9.17) is 4.42 Å². The number of benzene rings is 1. The van der Waals surface area contributed by atoms with E-state index in [1.165, 1.54) is 45.0 Å². The maximum Gasteiger partial charge on any atom is 0.419 e. The van der Waals surface area contributed by atoms with Gasteiger partial charge in [-0.15, -0.1) is 11.3 Å². The third kappa shape index (κ3) is 3.11. The molecule has 0 saturated heterocycles. The van der Waals surface area contributed by atoms with Crippen LogP contribution < -0.4 is 11.3 Å². The lowest BCUT2D eigenvalue weighted by atomic mass is 10.3. The molecule has 0 aliphatic carbocycles. The molecule has 0 bridgehead atoms. The summed E-state index contributed by atoms with van der Waals surface area (Å²) in [5.41, 5.74) is 0.435. The van der Waals surface area contributed by atoms with Gasteiger partial charge in [-0.3, -0.25) is 24.0 Å². The second kappa shape index (κ2) is 7.04. The number of hydrogen-bond acceptors (Lipinski definition) is 7. The van der Waals surface area contributed by atoms with Crippen molar-refractivity contribution in [3.8, 4) is 0 Å². The van der Waals surface area contributed by atoms with Crippen LogP contribution in [0.4, 0.5) is 5.69 Å². The summed E-state index contributed by atoms with van der Waals surface area (Å²) in [4.78, 5) is 41.3. The van der Waals surface area contributed by atoms with Crippen LogP contribution in [0.15, 0.2) is 44.6 Å². The van der Waals surface area contributed by atoms with Crippen LogP contribution in [0.1, 0.15) is 18.2 Å². The van der Waals surface area contributed by atoms with E-state index >= 15 is 0 Å². The van der Waals surface area contributed by atoms with Gasteiger partial charge in [0.1, 0.15) is 4.83 Å². The average Bonchev–Trinajstić information content (AvgIpc) is 3.24. The van der Waals surface area contributed by atoms with Crippen LogP contribution >= 0.6 is 11.3 Å². The molecule has 0 fully saturated rings. The molecule has 0 atom stereocenters. The molecule has 0 aliphatic heterocycles. The molecule has 9 nitrogen and oxygen atoms in total. The molecular formula is C18H16N4O5S. The van der Waals surface area contributed by atoms with E-state index in [9.17, 15) is 19.7 Å². The number of nitro benzene ring substituents is 1. The van der Waals surface area contributed by atoms with Gasteiger partial charge in [0.2, 0.25) is 0 Å². The zero-order valence-corrected chi connectivity index (χ0v) is 15.8. The number of nitrogens with zero attached hydrogens (tertiary/aromatic N) is 4. The number of rotatable bonds is 6. The fraction of sp³-hybridized carbons (Fsp3) is 0.278. The van der Waals surface area contributed by atoms with Crippen LogP contribution in [0.2, 0.25) is 0 Å². The highest BCUT2D eigenvalue weighted by atomic mass is 32.1. The van der Waals surface area contributed by atoms with Crippen molar-refractivity contribution >= 4 is 38.3 Å². The first kappa shape index (κ1) is 18.1. The van der Waals surface area contributed by atoms with Crippen LogP contribution in [-0.2, 0) is 19.5 Å². The van der Waals surface area contributed by atoms with E-state index in [1.807, 2.05) is 13.0 Å². The quantitative estimate of drug-likeness (QED) is 0.363. The number of aryl methyl sites for hydroxylation is 3. The molecular weight excluding hydrogens is 384 g/mol. The molecule has 0 amide bonds. The molecule has 4 aromatic rings. The first-order chi connectivity index (χ1) is 13.5. The van der Waals surface area contributed by atoms with Gasteiger partial charge in [0.25, 0.3) is 11.2 Å². The Balaban J connectivity index is 1.58. The number of oxazole rings is 1. The predicted octanol–water partition coefficient (Wildman–Crippen LogP) is 2.93. The van der Waals surface area contributed by atoms with Crippen LogP contribution in [0.5, 0.6) is 0 Å². The van der Waals surface area contributed by atoms with E-state index in [1.54, 1.807) is 0 Å². The van der Waals surface area contributed by atoms with Crippen molar-refractivity contribution in [2.45, 2.75) is 32.9 Å². The highest BCUT2D eigenvalue weighted by Gasteiger charge is 2.14. The Labute approximate surface area is 161 Å². The minimum absolute atomic E-state index is 0.110. The van der Waals surface area contributed by atoms with Crippen molar-refractivity contribution in [2.24, 2.45) is 0 Å². The van der Waals surface area contributed by atoms with E-state index in [0.29, 0.717) is 29.5 Å². The molecule has 1 aromatic carbocycles. The highest BCUT2D eigenvalue weighted by molar-refractivity contribution is 7.18. The van der Waals surface area contributed by atoms with Gasteiger partial charge in [0.05, 0.1) is 22.2 Å². The number of aromatic nitrogens is 3. The molecule has 0 unspecified atom stereocenters. The number of non-ortho nitro benzene ring substituents is 1. The van der Waals surface area contributed by atoms with Crippen molar-refractivity contribution in [2.75, 3.05) is 0 Å². The molecule has 4 rings (SSSR count). The zero-order valence-electron chi connectivity index (χ0n) is 15.0. The lowest BCUT2D eigenvalue weighted by Crippen LogP contribution is -2.22. The minimum atomic E-state index is -0.582. The Morgan fingerprint density at radius 2 is 2.07 bits per heavy atom. The Kier molecular flexibility index (Phi) is 4.55. The van der Waals surface area contributed by atoms with Gasteiger partial charge in [-0.2, -0.15) is 0 Å². The second-order valence-corrected chi connectivity index (χ2v) is 7.43. The van der Waals surface area contributed by atoms with Gasteiger partial charge >= 0.3 is 5.76 Å². The first-order valence-electron chi connectivity index (χ1n) is 8.73. The number of thiophene rings is 1. The maximum absolute atomic E-state index is 12.6. The molecule has 0 saturated carbocycles. The molecule has 3 aromatic heterocycles. The summed E-state index contributed by atoms with van der Waals surface area (Å²) in [7, 11) is 0. The fourth-order valence-electron chi connectivity index (χ4n) is 3.12. The van der Waals surface area contributed by atoms with Crippen LogP contribution in [0.3, 0.4) is 0 Å². The maximum atomic E-state index is 12.6. The SMILES string of the molecule is CCc1cc2c(=O)n(CCCn3c(=O)oc4ccc([N+](=O)[O-])cc43)cnc2s1. The van der Waals surface area contributed by atoms with Crippen molar-refractivity contribution in [3.05, 3.63) is 66.5 Å². The lowest BCUT2D eigenvalue weighted by Gasteiger charge is -2.06. The predicted molar refractivity (Wildman–Crippen MR) is 105 cm³/mol. The van der Waals surface area contributed by atoms with Crippen LogP contribution in [-0.4, -0.2) is 19.0 Å². The van der Waals surface area contributed by atoms with E-state index in [-0.39, 0.29) is 17.8 Å². The van der Waals surface area contributed by atoms with E-state index in [2.05, 4.69) is 4.98 Å². The van der Waals surface area contributed by atoms with Crippen molar-refractivity contribution in [3.63, 3.8) is 0 Å². The molecule has 28 heavy (non-hydrogen) atoms. The smallest absolute Gasteiger partial charge is 0.408 e. The van der Waals surface area contributed by atoms with Crippen molar-refractivity contribution in [1.82, 2.24) is 14.1 Å². The monoisotopic (exact) mass is 400 g/mol. The summed E-state index contributed by atoms with van der Waals surface area (Å²) in [5.74, 6) is -0.582. The lowest BCUT2D eigenvalue weighted by molar-refractivity contribution is -0.384.